The van der Waals surface area contributed by atoms with Crippen molar-refractivity contribution in [1.29, 1.82) is 0 Å². The van der Waals surface area contributed by atoms with E-state index in [-0.39, 0.29) is 17.5 Å². The Balaban J connectivity index is 1.60. The van der Waals surface area contributed by atoms with Crippen LogP contribution in [0.5, 0.6) is 0 Å². The molecule has 0 aromatic heterocycles. The van der Waals surface area contributed by atoms with E-state index in [2.05, 4.69) is 10.6 Å². The fraction of sp³-hybridized carbons (Fsp3) is 0.364. The summed E-state index contributed by atoms with van der Waals surface area (Å²) in [6.07, 6.45) is 2.59. The summed E-state index contributed by atoms with van der Waals surface area (Å²) in [4.78, 5) is 24.3. The lowest BCUT2D eigenvalue weighted by Gasteiger charge is -2.35. The van der Waals surface area contributed by atoms with E-state index in [0.717, 1.165) is 18.9 Å². The molecule has 1 atom stereocenters. The molecule has 3 rings (SSSR count). The van der Waals surface area contributed by atoms with E-state index in [1.807, 2.05) is 0 Å². The molecule has 2 aromatic rings. The average molecular weight is 482 g/mol. The van der Waals surface area contributed by atoms with Gasteiger partial charge in [0.05, 0.1) is 4.90 Å². The van der Waals surface area contributed by atoms with Crippen LogP contribution in [0.2, 0.25) is 5.02 Å². The van der Waals surface area contributed by atoms with Gasteiger partial charge in [-0.1, -0.05) is 24.1 Å². The normalized spacial score (nSPS) is 17.0. The summed E-state index contributed by atoms with van der Waals surface area (Å²) in [6.45, 7) is 2.06. The van der Waals surface area contributed by atoms with Crippen LogP contribution in [0.25, 0.3) is 0 Å². The third-order valence-electron chi connectivity index (χ3n) is 5.35. The van der Waals surface area contributed by atoms with E-state index in [1.54, 1.807) is 25.1 Å². The lowest BCUT2D eigenvalue weighted by molar-refractivity contribution is -0.136. The Hall–Kier alpha value is -2.49. The van der Waals surface area contributed by atoms with Crippen molar-refractivity contribution in [2.24, 2.45) is 0 Å². The first-order chi connectivity index (χ1) is 15.2. The van der Waals surface area contributed by atoms with E-state index in [0.29, 0.717) is 35.7 Å². The quantitative estimate of drug-likeness (QED) is 0.617. The predicted molar refractivity (Wildman–Crippen MR) is 120 cm³/mol. The minimum absolute atomic E-state index is 0.0794. The number of amides is 2. The molecule has 10 heteroatoms. The second kappa shape index (κ2) is 10.4. The maximum absolute atomic E-state index is 13.4. The maximum atomic E-state index is 13.4. The Morgan fingerprint density at radius 2 is 1.94 bits per heavy atom. The van der Waals surface area contributed by atoms with Gasteiger partial charge in [0.25, 0.3) is 0 Å². The van der Waals surface area contributed by atoms with Crippen LogP contribution in [0.1, 0.15) is 31.2 Å². The maximum Gasteiger partial charge on any atom is 0.313 e. The fourth-order valence-corrected chi connectivity index (χ4v) is 5.92. The molecule has 2 amide bonds. The highest BCUT2D eigenvalue weighted by atomic mass is 35.5. The van der Waals surface area contributed by atoms with Crippen molar-refractivity contribution in [3.05, 3.63) is 58.9 Å². The SMILES string of the molecule is Cc1cc(F)ccc1S(=O)(=O)N1CCCCC1CCNC(=O)C(=O)Nc1cccc(Cl)c1. The minimum atomic E-state index is -3.81. The van der Waals surface area contributed by atoms with Crippen LogP contribution in [0, 0.1) is 12.7 Å². The van der Waals surface area contributed by atoms with Crippen molar-refractivity contribution in [3.8, 4) is 0 Å². The molecular formula is C22H25ClFN3O4S. The summed E-state index contributed by atoms with van der Waals surface area (Å²) in [5, 5.41) is 5.43. The van der Waals surface area contributed by atoms with Gasteiger partial charge in [-0.15, -0.1) is 0 Å². The van der Waals surface area contributed by atoms with Crippen molar-refractivity contribution < 1.29 is 22.4 Å². The van der Waals surface area contributed by atoms with Crippen LogP contribution in [0.15, 0.2) is 47.4 Å². The molecule has 1 saturated heterocycles. The van der Waals surface area contributed by atoms with Crippen LogP contribution in [-0.4, -0.2) is 43.7 Å². The Morgan fingerprint density at radius 3 is 2.66 bits per heavy atom. The number of carbonyl (C=O) groups is 2. The van der Waals surface area contributed by atoms with Crippen molar-refractivity contribution in [1.82, 2.24) is 9.62 Å². The number of nitrogens with zero attached hydrogens (tertiary/aromatic N) is 1. The van der Waals surface area contributed by atoms with Gasteiger partial charge >= 0.3 is 11.8 Å². The van der Waals surface area contributed by atoms with E-state index in [9.17, 15) is 22.4 Å². The zero-order valence-corrected chi connectivity index (χ0v) is 19.2. The van der Waals surface area contributed by atoms with E-state index in [1.165, 1.54) is 22.5 Å². The number of benzene rings is 2. The van der Waals surface area contributed by atoms with Gasteiger partial charge in [0.2, 0.25) is 10.0 Å². The smallest absolute Gasteiger partial charge is 0.313 e. The summed E-state index contributed by atoms with van der Waals surface area (Å²) in [5.41, 5.74) is 0.747. The molecule has 32 heavy (non-hydrogen) atoms. The monoisotopic (exact) mass is 481 g/mol. The van der Waals surface area contributed by atoms with Gasteiger partial charge in [0, 0.05) is 29.8 Å². The lowest BCUT2D eigenvalue weighted by Crippen LogP contribution is -2.46. The molecular weight excluding hydrogens is 457 g/mol. The van der Waals surface area contributed by atoms with Gasteiger partial charge in [-0.2, -0.15) is 4.31 Å². The molecule has 2 N–H and O–H groups in total. The van der Waals surface area contributed by atoms with Gasteiger partial charge in [0.1, 0.15) is 5.82 Å². The standard InChI is InChI=1S/C22H25ClFN3O4S/c1-15-13-17(24)8-9-20(15)32(30,31)27-12-3-2-7-19(27)10-11-25-21(28)22(29)26-18-6-4-5-16(23)14-18/h4-6,8-9,13-14,19H,2-3,7,10-12H2,1H3,(H,25,28)(H,26,29). The third-order valence-corrected chi connectivity index (χ3v) is 7.70. The van der Waals surface area contributed by atoms with Gasteiger partial charge in [-0.3, -0.25) is 9.59 Å². The van der Waals surface area contributed by atoms with Crippen molar-refractivity contribution in [2.45, 2.75) is 43.5 Å². The van der Waals surface area contributed by atoms with Gasteiger partial charge < -0.3 is 10.6 Å². The van der Waals surface area contributed by atoms with Crippen molar-refractivity contribution >= 4 is 39.1 Å². The molecule has 0 spiro atoms. The van der Waals surface area contributed by atoms with Crippen molar-refractivity contribution in [2.75, 3.05) is 18.4 Å². The Labute approximate surface area is 192 Å². The summed E-state index contributed by atoms with van der Waals surface area (Å²) in [5.74, 6) is -2.14. The van der Waals surface area contributed by atoms with Crippen LogP contribution >= 0.6 is 11.6 Å². The lowest BCUT2D eigenvalue weighted by atomic mass is 10.0. The average Bonchev–Trinajstić information content (AvgIpc) is 2.73. The molecule has 0 saturated carbocycles. The third kappa shape index (κ3) is 5.85. The Bertz CT molecular complexity index is 1110. The van der Waals surface area contributed by atoms with Gasteiger partial charge in [-0.05, 0) is 68.1 Å². The zero-order chi connectivity index (χ0) is 23.3. The highest BCUT2D eigenvalue weighted by molar-refractivity contribution is 7.89. The van der Waals surface area contributed by atoms with E-state index < -0.39 is 27.7 Å². The number of hydrogen-bond donors (Lipinski definition) is 2. The topological polar surface area (TPSA) is 95.6 Å². The Morgan fingerprint density at radius 1 is 1.16 bits per heavy atom. The molecule has 1 fully saturated rings. The molecule has 172 valence electrons. The molecule has 0 bridgehead atoms. The number of carbonyl (C=O) groups excluding carboxylic acids is 2. The van der Waals surface area contributed by atoms with Crippen LogP contribution in [0.4, 0.5) is 10.1 Å². The summed E-state index contributed by atoms with van der Waals surface area (Å²) >= 11 is 5.87. The number of anilines is 1. The van der Waals surface area contributed by atoms with E-state index >= 15 is 0 Å². The molecule has 2 aromatic carbocycles. The van der Waals surface area contributed by atoms with Crippen molar-refractivity contribution in [3.63, 3.8) is 0 Å². The number of hydrogen-bond acceptors (Lipinski definition) is 4. The molecule has 0 radical (unpaired) electrons. The summed E-state index contributed by atoms with van der Waals surface area (Å²) in [6, 6.07) is 9.73. The summed E-state index contributed by atoms with van der Waals surface area (Å²) < 4.78 is 41.3. The Kier molecular flexibility index (Phi) is 7.86. The summed E-state index contributed by atoms with van der Waals surface area (Å²) in [7, 11) is -3.81. The first-order valence-electron chi connectivity index (χ1n) is 10.3. The van der Waals surface area contributed by atoms with Crippen LogP contribution in [0.3, 0.4) is 0 Å². The zero-order valence-electron chi connectivity index (χ0n) is 17.6. The minimum Gasteiger partial charge on any atom is -0.348 e. The number of rotatable bonds is 6. The first-order valence-corrected chi connectivity index (χ1v) is 12.1. The molecule has 1 aliphatic rings. The largest absolute Gasteiger partial charge is 0.348 e. The van der Waals surface area contributed by atoms with Crippen LogP contribution < -0.4 is 10.6 Å². The first kappa shape index (κ1) is 24.2. The van der Waals surface area contributed by atoms with E-state index in [4.69, 9.17) is 11.6 Å². The number of aryl methyl sites for hydroxylation is 1. The van der Waals surface area contributed by atoms with Crippen LogP contribution in [-0.2, 0) is 19.6 Å². The predicted octanol–water partition coefficient (Wildman–Crippen LogP) is 3.48. The van der Waals surface area contributed by atoms with Gasteiger partial charge in [-0.25, -0.2) is 12.8 Å². The number of sulfonamides is 1. The fourth-order valence-electron chi connectivity index (χ4n) is 3.79. The number of piperidine rings is 1. The highest BCUT2D eigenvalue weighted by Gasteiger charge is 2.34. The number of nitrogens with one attached hydrogen (secondary N) is 2. The molecule has 0 aliphatic carbocycles. The van der Waals surface area contributed by atoms with Gasteiger partial charge in [0.15, 0.2) is 0 Å². The second-order valence-electron chi connectivity index (χ2n) is 7.68. The molecule has 7 nitrogen and oxygen atoms in total. The molecule has 1 aliphatic heterocycles. The highest BCUT2D eigenvalue weighted by Crippen LogP contribution is 2.28. The second-order valence-corrected chi connectivity index (χ2v) is 9.98. The molecule has 1 unspecified atom stereocenters. The molecule has 1 heterocycles. The number of halogens is 2.